The third kappa shape index (κ3) is 6.44. The van der Waals surface area contributed by atoms with Crippen molar-refractivity contribution < 1.29 is 19.3 Å². The fourth-order valence-corrected chi connectivity index (χ4v) is 5.63. The second-order valence-electron chi connectivity index (χ2n) is 8.94. The average Bonchev–Trinajstić information content (AvgIpc) is 3.37. The number of nitrogens with one attached hydrogen (secondary N) is 1. The van der Waals surface area contributed by atoms with Gasteiger partial charge in [-0.1, -0.05) is 0 Å². The molecule has 13 heteroatoms. The van der Waals surface area contributed by atoms with Crippen LogP contribution in [0.4, 0.5) is 11.8 Å². The van der Waals surface area contributed by atoms with Crippen LogP contribution in [0.2, 0.25) is 5.28 Å². The normalized spacial score (nSPS) is 16.9. The average molecular weight is 548 g/mol. The number of nitrogens with zero attached hydrogens (tertiary/aromatic N) is 6. The Morgan fingerprint density at radius 2 is 1.89 bits per heavy atom. The van der Waals surface area contributed by atoms with Gasteiger partial charge < -0.3 is 19.9 Å². The number of hydrogen-bond acceptors (Lipinski definition) is 11. The first-order chi connectivity index (χ1) is 18.1. The van der Waals surface area contributed by atoms with Crippen LogP contribution >= 0.6 is 22.9 Å². The molecule has 0 saturated carbocycles. The van der Waals surface area contributed by atoms with E-state index in [0.717, 1.165) is 55.1 Å². The predicted octanol–water partition coefficient (Wildman–Crippen LogP) is 3.09. The molecule has 0 spiro atoms. The molecule has 0 radical (unpaired) electrons. The van der Waals surface area contributed by atoms with Crippen LogP contribution in [-0.2, 0) is 21.1 Å². The largest absolute Gasteiger partial charge is 0.378 e. The van der Waals surface area contributed by atoms with E-state index in [2.05, 4.69) is 35.1 Å². The van der Waals surface area contributed by atoms with E-state index in [1.165, 1.54) is 11.3 Å². The van der Waals surface area contributed by atoms with Crippen LogP contribution in [0.1, 0.15) is 35.0 Å². The number of piperidine rings is 1. The number of carbonyl (C=O) groups is 1. The van der Waals surface area contributed by atoms with Crippen molar-refractivity contribution in [2.45, 2.75) is 26.4 Å². The van der Waals surface area contributed by atoms with Crippen molar-refractivity contribution >= 4 is 50.8 Å². The molecule has 11 nitrogen and oxygen atoms in total. The quantitative estimate of drug-likeness (QED) is 0.185. The molecule has 37 heavy (non-hydrogen) atoms. The number of halogens is 1. The number of amides is 1. The molecule has 3 aromatic rings. The van der Waals surface area contributed by atoms with E-state index in [9.17, 15) is 4.79 Å². The maximum Gasteiger partial charge on any atom is 0.261 e. The van der Waals surface area contributed by atoms with E-state index in [4.69, 9.17) is 26.1 Å². The molecule has 0 aromatic carbocycles. The number of morpholine rings is 1. The molecule has 3 aromatic heterocycles. The minimum Gasteiger partial charge on any atom is -0.378 e. The number of rotatable bonds is 9. The number of hydrogen-bond donors (Lipinski definition) is 1. The first kappa shape index (κ1) is 26.0. The van der Waals surface area contributed by atoms with Gasteiger partial charge in [0.15, 0.2) is 5.82 Å². The zero-order valence-electron chi connectivity index (χ0n) is 20.7. The summed E-state index contributed by atoms with van der Waals surface area (Å²) < 4.78 is 6.33. The Balaban J connectivity index is 1.14. The maximum absolute atomic E-state index is 13.0. The third-order valence-corrected chi connectivity index (χ3v) is 7.72. The Kier molecular flexibility index (Phi) is 8.62. The van der Waals surface area contributed by atoms with Gasteiger partial charge in [-0.25, -0.2) is 24.7 Å². The molecule has 0 unspecified atom stereocenters. The molecule has 2 aliphatic heterocycles. The van der Waals surface area contributed by atoms with Crippen LogP contribution in [0.25, 0.3) is 10.2 Å². The molecule has 198 valence electrons. The summed E-state index contributed by atoms with van der Waals surface area (Å²) in [6.45, 7) is 7.75. The van der Waals surface area contributed by atoms with Crippen molar-refractivity contribution in [3.8, 4) is 0 Å². The molecule has 0 aliphatic carbocycles. The lowest BCUT2D eigenvalue weighted by atomic mass is 9.97. The van der Waals surface area contributed by atoms with Gasteiger partial charge in [-0.2, -0.15) is 4.98 Å². The zero-order chi connectivity index (χ0) is 25.6. The summed E-state index contributed by atoms with van der Waals surface area (Å²) >= 11 is 7.59. The highest BCUT2D eigenvalue weighted by molar-refractivity contribution is 7.21. The number of carbonyl (C=O) groups excluding carboxylic acids is 1. The summed E-state index contributed by atoms with van der Waals surface area (Å²) in [7, 11) is 0. The first-order valence-electron chi connectivity index (χ1n) is 12.5. The second-order valence-corrected chi connectivity index (χ2v) is 10.3. The molecule has 2 saturated heterocycles. The van der Waals surface area contributed by atoms with Crippen LogP contribution in [0, 0.1) is 5.92 Å². The van der Waals surface area contributed by atoms with Gasteiger partial charge in [0.2, 0.25) is 11.2 Å². The van der Waals surface area contributed by atoms with Crippen LogP contribution in [0.5, 0.6) is 0 Å². The molecular formula is C24H30ClN7O4S. The fourth-order valence-electron chi connectivity index (χ4n) is 4.43. The molecular weight excluding hydrogens is 518 g/mol. The van der Waals surface area contributed by atoms with Gasteiger partial charge in [-0.05, 0) is 43.4 Å². The topological polar surface area (TPSA) is 115 Å². The summed E-state index contributed by atoms with van der Waals surface area (Å²) in [5, 5.41) is 3.29. The monoisotopic (exact) mass is 547 g/mol. The molecule has 5 heterocycles. The Morgan fingerprint density at radius 1 is 1.14 bits per heavy atom. The lowest BCUT2D eigenvalue weighted by Gasteiger charge is -2.32. The van der Waals surface area contributed by atoms with E-state index in [-0.39, 0.29) is 11.2 Å². The van der Waals surface area contributed by atoms with Crippen molar-refractivity contribution in [2.75, 3.05) is 62.3 Å². The van der Waals surface area contributed by atoms with Crippen LogP contribution in [0.3, 0.4) is 0 Å². The van der Waals surface area contributed by atoms with Gasteiger partial charge in [-0.15, -0.1) is 11.3 Å². The molecule has 1 amide bonds. The Labute approximate surface area is 224 Å². The van der Waals surface area contributed by atoms with Gasteiger partial charge in [0.1, 0.15) is 6.61 Å². The molecule has 5 rings (SSSR count). The predicted molar refractivity (Wildman–Crippen MR) is 141 cm³/mol. The summed E-state index contributed by atoms with van der Waals surface area (Å²) in [5.74, 6) is 1.78. The lowest BCUT2D eigenvalue weighted by Crippen LogP contribution is -2.39. The Bertz CT molecular complexity index is 1200. The van der Waals surface area contributed by atoms with E-state index in [0.29, 0.717) is 55.2 Å². The minimum absolute atomic E-state index is 0.0947. The van der Waals surface area contributed by atoms with Crippen molar-refractivity contribution in [1.29, 1.82) is 0 Å². The van der Waals surface area contributed by atoms with Crippen molar-refractivity contribution in [3.63, 3.8) is 0 Å². The number of fused-ring (bicyclic) bond motifs is 1. The van der Waals surface area contributed by atoms with Gasteiger partial charge in [0.25, 0.3) is 5.91 Å². The summed E-state index contributed by atoms with van der Waals surface area (Å²) in [6, 6.07) is 1.80. The second kappa shape index (κ2) is 12.3. The standard InChI is InChI=1S/C24H30ClN7O4S/c1-2-35-36-15-17-13-27-24(28-14-17)32-5-3-16(4-6-32)12-26-22(33)19-11-18-20(37-19)21(30-23(25)29-18)31-7-9-34-10-8-31/h11,13-14,16H,2-10,12,15H2,1H3,(H,26,33). The molecule has 0 atom stereocenters. The summed E-state index contributed by atoms with van der Waals surface area (Å²) in [6.07, 6.45) is 5.43. The number of thiophene rings is 1. The van der Waals surface area contributed by atoms with E-state index < -0.39 is 0 Å². The van der Waals surface area contributed by atoms with Gasteiger partial charge in [0, 0.05) is 50.7 Å². The number of aromatic nitrogens is 4. The number of ether oxygens (including phenoxy) is 1. The minimum atomic E-state index is -0.0947. The van der Waals surface area contributed by atoms with E-state index >= 15 is 0 Å². The van der Waals surface area contributed by atoms with E-state index in [1.54, 1.807) is 18.5 Å². The van der Waals surface area contributed by atoms with Gasteiger partial charge in [-0.3, -0.25) is 4.79 Å². The number of anilines is 2. The highest BCUT2D eigenvalue weighted by atomic mass is 35.5. The smallest absolute Gasteiger partial charge is 0.261 e. The highest BCUT2D eigenvalue weighted by Gasteiger charge is 2.24. The van der Waals surface area contributed by atoms with Crippen LogP contribution < -0.4 is 15.1 Å². The Hall–Kier alpha value is -2.64. The van der Waals surface area contributed by atoms with Crippen LogP contribution in [-0.4, -0.2) is 78.4 Å². The highest BCUT2D eigenvalue weighted by Crippen LogP contribution is 2.33. The SMILES string of the molecule is CCOOCc1cnc(N2CCC(CNC(=O)c3cc4nc(Cl)nc(N5CCOCC5)c4s3)CC2)nc1. The van der Waals surface area contributed by atoms with Crippen molar-refractivity contribution in [1.82, 2.24) is 25.3 Å². The van der Waals surface area contributed by atoms with Crippen molar-refractivity contribution in [3.05, 3.63) is 34.2 Å². The van der Waals surface area contributed by atoms with E-state index in [1.807, 2.05) is 6.92 Å². The fraction of sp³-hybridized carbons (Fsp3) is 0.542. The summed E-state index contributed by atoms with van der Waals surface area (Å²) in [4.78, 5) is 45.6. The molecule has 1 N–H and O–H groups in total. The van der Waals surface area contributed by atoms with Gasteiger partial charge in [0.05, 0.1) is 34.9 Å². The molecule has 2 fully saturated rings. The Morgan fingerprint density at radius 3 is 2.62 bits per heavy atom. The maximum atomic E-state index is 13.0. The first-order valence-corrected chi connectivity index (χ1v) is 13.7. The van der Waals surface area contributed by atoms with Crippen LogP contribution in [0.15, 0.2) is 18.5 Å². The zero-order valence-corrected chi connectivity index (χ0v) is 22.3. The van der Waals surface area contributed by atoms with Crippen molar-refractivity contribution in [2.24, 2.45) is 5.92 Å². The third-order valence-electron chi connectivity index (χ3n) is 6.43. The molecule has 2 aliphatic rings. The summed E-state index contributed by atoms with van der Waals surface area (Å²) in [5.41, 5.74) is 1.56. The van der Waals surface area contributed by atoms with Gasteiger partial charge >= 0.3 is 0 Å². The lowest BCUT2D eigenvalue weighted by molar-refractivity contribution is -0.300. The molecule has 0 bridgehead atoms.